The Morgan fingerprint density at radius 1 is 1.08 bits per heavy atom. The summed E-state index contributed by atoms with van der Waals surface area (Å²) in [5, 5.41) is 0. The molecule has 0 nitrogen and oxygen atoms in total. The summed E-state index contributed by atoms with van der Waals surface area (Å²) in [4.78, 5) is 0. The average Bonchev–Trinajstić information content (AvgIpc) is 2.18. The maximum atomic E-state index is 3.92. The van der Waals surface area contributed by atoms with Crippen molar-refractivity contribution in [2.75, 3.05) is 0 Å². The molecule has 0 bridgehead atoms. The second-order valence-electron chi connectivity index (χ2n) is 3.57. The van der Waals surface area contributed by atoms with Gasteiger partial charge in [-0.05, 0) is 5.54 Å². The minimum atomic E-state index is -1.46. The Bertz CT molecular complexity index is 163. The van der Waals surface area contributed by atoms with Gasteiger partial charge in [-0.1, -0.05) is 43.5 Å². The van der Waals surface area contributed by atoms with Crippen molar-refractivity contribution in [3.8, 4) is 0 Å². The normalized spacial score (nSPS) is 20.4. The van der Waals surface area contributed by atoms with Gasteiger partial charge in [-0.25, -0.2) is 0 Å². The topological polar surface area (TPSA) is 0 Å². The summed E-state index contributed by atoms with van der Waals surface area (Å²) in [5.74, 6) is 0. The lowest BCUT2D eigenvalue weighted by Gasteiger charge is -2.31. The van der Waals surface area contributed by atoms with Crippen LogP contribution in [0.15, 0.2) is 24.6 Å². The van der Waals surface area contributed by atoms with E-state index in [9.17, 15) is 0 Å². The van der Waals surface area contributed by atoms with Gasteiger partial charge in [0, 0.05) is 0 Å². The number of hydrogen-bond acceptors (Lipinski definition) is 0. The van der Waals surface area contributed by atoms with Crippen LogP contribution in [0, 0.1) is 0 Å². The molecule has 0 aromatic carbocycles. The Labute approximate surface area is 84.3 Å². The third-order valence-electron chi connectivity index (χ3n) is 2.86. The van der Waals surface area contributed by atoms with Gasteiger partial charge in [-0.2, -0.15) is 0 Å². The van der Waals surface area contributed by atoms with Gasteiger partial charge in [0.05, 0.1) is 0 Å². The molecule has 0 aromatic rings. The summed E-state index contributed by atoms with van der Waals surface area (Å²) in [6.07, 6.45) is 6.95. The highest BCUT2D eigenvalue weighted by atomic mass is 79.9. The second kappa shape index (κ2) is 4.42. The first-order chi connectivity index (χ1) is 5.73. The highest BCUT2D eigenvalue weighted by Crippen LogP contribution is 2.41. The quantitative estimate of drug-likeness (QED) is 0.518. The summed E-state index contributed by atoms with van der Waals surface area (Å²) >= 11 is 3.85. The molecule has 2 heteroatoms. The maximum absolute atomic E-state index is 3.92. The Morgan fingerprint density at radius 3 is 2.00 bits per heavy atom. The van der Waals surface area contributed by atoms with Crippen LogP contribution < -0.4 is 0 Å². The van der Waals surface area contributed by atoms with E-state index < -0.39 is 6.69 Å². The lowest BCUT2D eigenvalue weighted by molar-refractivity contribution is 0.498. The molecule has 0 unspecified atom stereocenters. The van der Waals surface area contributed by atoms with E-state index in [1.165, 1.54) is 32.1 Å². The van der Waals surface area contributed by atoms with Gasteiger partial charge in [0.25, 0.3) is 0 Å². The Balaban J connectivity index is 2.63. The van der Waals surface area contributed by atoms with Gasteiger partial charge in [-0.3, -0.25) is 0 Å². The van der Waals surface area contributed by atoms with Crippen LogP contribution in [0.25, 0.3) is 0 Å². The van der Waals surface area contributed by atoms with Crippen molar-refractivity contribution >= 4 is 22.0 Å². The third kappa shape index (κ3) is 2.11. The number of rotatable bonds is 3. The van der Waals surface area contributed by atoms with E-state index >= 15 is 0 Å². The minimum absolute atomic E-state index is 0.848. The van der Waals surface area contributed by atoms with Gasteiger partial charge >= 0.3 is 0 Å². The van der Waals surface area contributed by atoms with Crippen LogP contribution in [-0.2, 0) is 0 Å². The third-order valence-corrected chi connectivity index (χ3v) is 9.82. The first-order valence-electron chi connectivity index (χ1n) is 4.69. The van der Waals surface area contributed by atoms with Crippen molar-refractivity contribution in [1.29, 1.82) is 0 Å². The first kappa shape index (κ1) is 10.3. The standard InChI is InChI=1S/C10H17BrSi/c1-3-12(11,4-2)10-8-6-5-7-9-10/h3-4,10H,1-2,5-9H2. The van der Waals surface area contributed by atoms with Crippen molar-refractivity contribution in [1.82, 2.24) is 0 Å². The summed E-state index contributed by atoms with van der Waals surface area (Å²) in [5.41, 5.74) is 5.09. The van der Waals surface area contributed by atoms with E-state index in [0.29, 0.717) is 0 Å². The first-order valence-corrected chi connectivity index (χ1v) is 9.18. The summed E-state index contributed by atoms with van der Waals surface area (Å²) in [7, 11) is 0. The minimum Gasteiger partial charge on any atom is -0.115 e. The molecule has 0 atom stereocenters. The predicted molar refractivity (Wildman–Crippen MR) is 61.9 cm³/mol. The molecule has 0 radical (unpaired) electrons. The molecule has 0 saturated heterocycles. The van der Waals surface area contributed by atoms with Crippen LogP contribution in [0.2, 0.25) is 5.54 Å². The zero-order chi connectivity index (χ0) is 9.03. The lowest BCUT2D eigenvalue weighted by Crippen LogP contribution is -2.29. The molecule has 12 heavy (non-hydrogen) atoms. The molecule has 0 aromatic heterocycles. The van der Waals surface area contributed by atoms with E-state index in [2.05, 4.69) is 39.8 Å². The van der Waals surface area contributed by atoms with Gasteiger partial charge in [0.15, 0.2) is 6.69 Å². The monoisotopic (exact) mass is 244 g/mol. The molecule has 0 N–H and O–H groups in total. The van der Waals surface area contributed by atoms with Gasteiger partial charge < -0.3 is 0 Å². The molecule has 1 saturated carbocycles. The average molecular weight is 245 g/mol. The molecule has 68 valence electrons. The smallest absolute Gasteiger partial charge is 0.115 e. The molecule has 1 aliphatic rings. The zero-order valence-corrected chi connectivity index (χ0v) is 10.1. The highest BCUT2D eigenvalue weighted by Gasteiger charge is 2.33. The lowest BCUT2D eigenvalue weighted by atomic mass is 10.0. The molecule has 1 rings (SSSR count). The second-order valence-corrected chi connectivity index (χ2v) is 11.0. The molecule has 1 fully saturated rings. The molecule has 0 heterocycles. The van der Waals surface area contributed by atoms with Crippen LogP contribution in [0.3, 0.4) is 0 Å². The largest absolute Gasteiger partial charge is 0.178 e. The van der Waals surface area contributed by atoms with Crippen molar-refractivity contribution in [3.05, 3.63) is 24.6 Å². The Hall–Kier alpha value is 0.177. The SMILES string of the molecule is C=C[Si](Br)(C=C)C1CCCCC1. The molecule has 0 aliphatic heterocycles. The van der Waals surface area contributed by atoms with Crippen LogP contribution in [0.1, 0.15) is 32.1 Å². The Kier molecular flexibility index (Phi) is 3.78. The summed E-state index contributed by atoms with van der Waals surface area (Å²) in [6.45, 7) is 6.39. The number of halogens is 1. The molecule has 0 spiro atoms. The van der Waals surface area contributed by atoms with Crippen molar-refractivity contribution < 1.29 is 0 Å². The highest BCUT2D eigenvalue weighted by molar-refractivity contribution is 9.26. The van der Waals surface area contributed by atoms with Crippen LogP contribution in [-0.4, -0.2) is 6.69 Å². The molecular weight excluding hydrogens is 228 g/mol. The summed E-state index contributed by atoms with van der Waals surface area (Å²) < 4.78 is 0. The molecule has 1 aliphatic carbocycles. The predicted octanol–water partition coefficient (Wildman–Crippen LogP) is 4.11. The van der Waals surface area contributed by atoms with Crippen molar-refractivity contribution in [2.45, 2.75) is 37.6 Å². The fourth-order valence-corrected chi connectivity index (χ4v) is 5.46. The van der Waals surface area contributed by atoms with E-state index in [-0.39, 0.29) is 0 Å². The fraction of sp³-hybridized carbons (Fsp3) is 0.600. The van der Waals surface area contributed by atoms with Gasteiger partial charge in [0.1, 0.15) is 0 Å². The van der Waals surface area contributed by atoms with Crippen molar-refractivity contribution in [3.63, 3.8) is 0 Å². The zero-order valence-electron chi connectivity index (χ0n) is 7.56. The Morgan fingerprint density at radius 2 is 1.58 bits per heavy atom. The van der Waals surface area contributed by atoms with E-state index in [1.54, 1.807) is 0 Å². The van der Waals surface area contributed by atoms with Crippen molar-refractivity contribution in [2.24, 2.45) is 0 Å². The van der Waals surface area contributed by atoms with E-state index in [0.717, 1.165) is 5.54 Å². The van der Waals surface area contributed by atoms with Crippen LogP contribution in [0.4, 0.5) is 0 Å². The summed E-state index contributed by atoms with van der Waals surface area (Å²) in [6, 6.07) is 0. The maximum Gasteiger partial charge on any atom is 0.178 e. The molecular formula is C10H17BrSi. The van der Waals surface area contributed by atoms with Crippen LogP contribution in [0.5, 0.6) is 0 Å². The fourth-order valence-electron chi connectivity index (χ4n) is 1.96. The van der Waals surface area contributed by atoms with E-state index in [4.69, 9.17) is 0 Å². The van der Waals surface area contributed by atoms with Crippen LogP contribution >= 0.6 is 15.3 Å². The van der Waals surface area contributed by atoms with Gasteiger partial charge in [0.2, 0.25) is 0 Å². The van der Waals surface area contributed by atoms with E-state index in [1.807, 2.05) is 0 Å². The molecule has 0 amide bonds. The number of hydrogen-bond donors (Lipinski definition) is 0. The van der Waals surface area contributed by atoms with Gasteiger partial charge in [-0.15, -0.1) is 28.5 Å².